The second-order valence-corrected chi connectivity index (χ2v) is 7.01. The highest BCUT2D eigenvalue weighted by Crippen LogP contribution is 2.60. The van der Waals surface area contributed by atoms with Crippen LogP contribution >= 0.6 is 0 Å². The lowest BCUT2D eigenvalue weighted by atomic mass is 9.48. The molecule has 1 N–H and O–H groups in total. The lowest BCUT2D eigenvalue weighted by Gasteiger charge is -2.56. The molecule has 1 aromatic rings. The molecule has 0 aliphatic heterocycles. The molecule has 0 amide bonds. The monoisotopic (exact) mass is 240 g/mol. The third-order valence-corrected chi connectivity index (χ3v) is 5.83. The minimum Gasteiger partial charge on any atom is -0.363 e. The maximum atomic E-state index is 9.14. The number of H-pyrrole nitrogens is 1. The molecule has 0 radical (unpaired) electrons. The fourth-order valence-electron chi connectivity index (χ4n) is 5.58. The summed E-state index contributed by atoms with van der Waals surface area (Å²) < 4.78 is 0. The first-order valence-corrected chi connectivity index (χ1v) is 7.29. The average Bonchev–Trinajstić information content (AvgIpc) is 2.69. The Morgan fingerprint density at radius 2 is 1.72 bits per heavy atom. The van der Waals surface area contributed by atoms with E-state index in [1.54, 1.807) is 0 Å². The van der Waals surface area contributed by atoms with Crippen LogP contribution in [0.2, 0.25) is 0 Å². The molecule has 94 valence electrons. The summed E-state index contributed by atoms with van der Waals surface area (Å²) in [4.78, 5) is 3.46. The molecule has 0 atom stereocenters. The van der Waals surface area contributed by atoms with Crippen LogP contribution in [-0.2, 0) is 5.41 Å². The van der Waals surface area contributed by atoms with Gasteiger partial charge in [0.25, 0.3) is 0 Å². The number of aromatic nitrogens is 1. The molecular weight excluding hydrogens is 220 g/mol. The number of rotatable bonds is 1. The van der Waals surface area contributed by atoms with Crippen LogP contribution in [0.25, 0.3) is 0 Å². The number of nitriles is 1. The highest BCUT2D eigenvalue weighted by atomic mass is 14.8. The molecule has 0 saturated heterocycles. The average molecular weight is 240 g/mol. The van der Waals surface area contributed by atoms with Crippen molar-refractivity contribution in [3.05, 3.63) is 23.0 Å². The zero-order chi connectivity index (χ0) is 12.3. The number of hydrogen-bond donors (Lipinski definition) is 1. The highest BCUT2D eigenvalue weighted by Gasteiger charge is 2.52. The van der Waals surface area contributed by atoms with Crippen LogP contribution in [0.4, 0.5) is 0 Å². The van der Waals surface area contributed by atoms with E-state index >= 15 is 0 Å². The zero-order valence-electron chi connectivity index (χ0n) is 11.0. The summed E-state index contributed by atoms with van der Waals surface area (Å²) in [5.74, 6) is 2.89. The molecule has 0 spiro atoms. The Morgan fingerprint density at radius 3 is 2.17 bits per heavy atom. The van der Waals surface area contributed by atoms with Gasteiger partial charge in [-0.3, -0.25) is 0 Å². The van der Waals surface area contributed by atoms with Crippen molar-refractivity contribution in [3.63, 3.8) is 0 Å². The standard InChI is InChI=1S/C16H20N2/c1-10-14(8-17)9-18-15(10)16-5-11-2-12(6-16)4-13(3-11)7-16/h9,11-13,18H,2-7H2,1H3. The number of nitrogens with zero attached hydrogens (tertiary/aromatic N) is 1. The third kappa shape index (κ3) is 1.28. The molecule has 0 aromatic carbocycles. The van der Waals surface area contributed by atoms with E-state index in [9.17, 15) is 0 Å². The summed E-state index contributed by atoms with van der Waals surface area (Å²) in [6, 6.07) is 2.32. The first-order valence-electron chi connectivity index (χ1n) is 7.29. The summed E-state index contributed by atoms with van der Waals surface area (Å²) in [7, 11) is 0. The van der Waals surface area contributed by atoms with Crippen molar-refractivity contribution in [2.24, 2.45) is 17.8 Å². The molecule has 4 aliphatic carbocycles. The van der Waals surface area contributed by atoms with Crippen molar-refractivity contribution in [2.75, 3.05) is 0 Å². The Bertz CT molecular complexity index is 496. The molecular formula is C16H20N2. The van der Waals surface area contributed by atoms with Gasteiger partial charge in [-0.05, 0) is 68.8 Å². The van der Waals surface area contributed by atoms with E-state index in [0.29, 0.717) is 5.41 Å². The first-order chi connectivity index (χ1) is 8.70. The van der Waals surface area contributed by atoms with Gasteiger partial charge in [0.15, 0.2) is 0 Å². The molecule has 4 aliphatic rings. The van der Waals surface area contributed by atoms with Gasteiger partial charge >= 0.3 is 0 Å². The van der Waals surface area contributed by atoms with E-state index < -0.39 is 0 Å². The van der Waals surface area contributed by atoms with Gasteiger partial charge in [-0.25, -0.2) is 0 Å². The molecule has 2 nitrogen and oxygen atoms in total. The minimum absolute atomic E-state index is 0.397. The molecule has 1 aromatic heterocycles. The van der Waals surface area contributed by atoms with Gasteiger partial charge in [-0.2, -0.15) is 5.26 Å². The van der Waals surface area contributed by atoms with Gasteiger partial charge in [0.2, 0.25) is 0 Å². The van der Waals surface area contributed by atoms with Crippen LogP contribution in [0.15, 0.2) is 6.20 Å². The van der Waals surface area contributed by atoms with Crippen LogP contribution < -0.4 is 0 Å². The van der Waals surface area contributed by atoms with Gasteiger partial charge in [0.1, 0.15) is 6.07 Å². The van der Waals surface area contributed by atoms with Crippen LogP contribution in [-0.4, -0.2) is 4.98 Å². The van der Waals surface area contributed by atoms with Gasteiger partial charge in [-0.1, -0.05) is 0 Å². The molecule has 4 bridgehead atoms. The fourth-order valence-corrected chi connectivity index (χ4v) is 5.58. The molecule has 2 heteroatoms. The Balaban J connectivity index is 1.79. The van der Waals surface area contributed by atoms with E-state index in [-0.39, 0.29) is 0 Å². The number of hydrogen-bond acceptors (Lipinski definition) is 1. The van der Waals surface area contributed by atoms with E-state index in [2.05, 4.69) is 18.0 Å². The van der Waals surface area contributed by atoms with Gasteiger partial charge in [0, 0.05) is 17.3 Å². The highest BCUT2D eigenvalue weighted by molar-refractivity contribution is 5.43. The summed E-state index contributed by atoms with van der Waals surface area (Å²) in [6.45, 7) is 2.13. The second-order valence-electron chi connectivity index (χ2n) is 7.01. The summed E-state index contributed by atoms with van der Waals surface area (Å²) >= 11 is 0. The van der Waals surface area contributed by atoms with E-state index in [1.807, 2.05) is 6.20 Å². The third-order valence-electron chi connectivity index (χ3n) is 5.83. The maximum Gasteiger partial charge on any atom is 0.101 e. The van der Waals surface area contributed by atoms with Gasteiger partial charge in [0.05, 0.1) is 5.56 Å². The van der Waals surface area contributed by atoms with Crippen molar-refractivity contribution < 1.29 is 0 Å². The van der Waals surface area contributed by atoms with Crippen molar-refractivity contribution in [3.8, 4) is 6.07 Å². The Hall–Kier alpha value is -1.23. The topological polar surface area (TPSA) is 39.6 Å². The SMILES string of the molecule is Cc1c(C#N)c[nH]c1C12CC3CC(CC(C3)C1)C2. The van der Waals surface area contributed by atoms with E-state index in [0.717, 1.165) is 23.3 Å². The van der Waals surface area contributed by atoms with Crippen LogP contribution in [0.3, 0.4) is 0 Å². The van der Waals surface area contributed by atoms with Crippen molar-refractivity contribution in [1.29, 1.82) is 5.26 Å². The van der Waals surface area contributed by atoms with E-state index in [4.69, 9.17) is 5.26 Å². The van der Waals surface area contributed by atoms with Crippen molar-refractivity contribution in [2.45, 2.75) is 50.9 Å². The van der Waals surface area contributed by atoms with Crippen molar-refractivity contribution in [1.82, 2.24) is 4.98 Å². The Labute approximate surface area is 108 Å². The molecule has 4 fully saturated rings. The normalized spacial score (nSPS) is 41.0. The van der Waals surface area contributed by atoms with Gasteiger partial charge in [-0.15, -0.1) is 0 Å². The maximum absolute atomic E-state index is 9.14. The molecule has 0 unspecified atom stereocenters. The van der Waals surface area contributed by atoms with Crippen LogP contribution in [0.1, 0.15) is 55.3 Å². The summed E-state index contributed by atoms with van der Waals surface area (Å²) in [5.41, 5.74) is 3.87. The smallest absolute Gasteiger partial charge is 0.101 e. The minimum atomic E-state index is 0.397. The molecule has 5 rings (SSSR count). The Morgan fingerprint density at radius 1 is 1.17 bits per heavy atom. The summed E-state index contributed by atoms with van der Waals surface area (Å²) in [6.07, 6.45) is 10.4. The van der Waals surface area contributed by atoms with E-state index in [1.165, 1.54) is 49.8 Å². The van der Waals surface area contributed by atoms with Gasteiger partial charge < -0.3 is 4.98 Å². The fraction of sp³-hybridized carbons (Fsp3) is 0.688. The Kier molecular flexibility index (Phi) is 2.02. The zero-order valence-corrected chi connectivity index (χ0v) is 11.0. The van der Waals surface area contributed by atoms with Crippen LogP contribution in [0, 0.1) is 36.0 Å². The molecule has 1 heterocycles. The first kappa shape index (κ1) is 10.7. The molecule has 4 saturated carbocycles. The lowest BCUT2D eigenvalue weighted by Crippen LogP contribution is -2.49. The predicted octanol–water partition coefficient (Wildman–Crippen LogP) is 3.66. The predicted molar refractivity (Wildman–Crippen MR) is 70.1 cm³/mol. The number of aromatic amines is 1. The summed E-state index contributed by atoms with van der Waals surface area (Å²) in [5, 5.41) is 9.14. The van der Waals surface area contributed by atoms with Crippen LogP contribution in [0.5, 0.6) is 0 Å². The lowest BCUT2D eigenvalue weighted by molar-refractivity contribution is -0.00725. The number of nitrogens with one attached hydrogen (secondary N) is 1. The quantitative estimate of drug-likeness (QED) is 0.799. The molecule has 18 heavy (non-hydrogen) atoms. The second kappa shape index (κ2) is 3.41. The van der Waals surface area contributed by atoms with Crippen molar-refractivity contribution >= 4 is 0 Å². The largest absolute Gasteiger partial charge is 0.363 e.